The third-order valence-corrected chi connectivity index (χ3v) is 3.95. The first-order valence-corrected chi connectivity index (χ1v) is 8.60. The summed E-state index contributed by atoms with van der Waals surface area (Å²) in [5.41, 5.74) is 5.24. The third-order valence-electron chi connectivity index (χ3n) is 2.86. The SMILES string of the molecule is CCOC(=O)[C@@H](N)CCC(=O)Nc1cc(Cl)cc(S(=O)(=O)O)c1O. The standard InChI is InChI=1S/C13H17ClN2O7S/c1-2-23-13(19)8(15)3-4-11(17)16-9-5-7(14)6-10(12(9)18)24(20,21)22/h5-6,8,18H,2-4,15H2,1H3,(H,16,17)(H,20,21,22)/t8-/m0/s1. The number of ether oxygens (including phenoxy) is 1. The van der Waals surface area contributed by atoms with Crippen LogP contribution in [0.5, 0.6) is 5.75 Å². The summed E-state index contributed by atoms with van der Waals surface area (Å²) < 4.78 is 36.0. The normalized spacial score (nSPS) is 12.5. The molecule has 0 aliphatic rings. The molecule has 134 valence electrons. The van der Waals surface area contributed by atoms with E-state index in [1.165, 1.54) is 0 Å². The molecule has 0 aliphatic carbocycles. The van der Waals surface area contributed by atoms with Gasteiger partial charge in [-0.15, -0.1) is 0 Å². The molecule has 0 heterocycles. The van der Waals surface area contributed by atoms with Gasteiger partial charge in [0.05, 0.1) is 12.3 Å². The molecule has 11 heteroatoms. The Bertz CT molecular complexity index is 736. The van der Waals surface area contributed by atoms with Gasteiger partial charge in [-0.2, -0.15) is 8.42 Å². The summed E-state index contributed by atoms with van der Waals surface area (Å²) in [4.78, 5) is 22.3. The third kappa shape index (κ3) is 5.64. The molecule has 9 nitrogen and oxygen atoms in total. The molecule has 0 spiro atoms. The van der Waals surface area contributed by atoms with Gasteiger partial charge in [0.1, 0.15) is 10.9 Å². The number of hydrogen-bond acceptors (Lipinski definition) is 7. The van der Waals surface area contributed by atoms with Gasteiger partial charge >= 0.3 is 5.97 Å². The van der Waals surface area contributed by atoms with Crippen molar-refractivity contribution in [2.45, 2.75) is 30.7 Å². The lowest BCUT2D eigenvalue weighted by atomic mass is 10.1. The zero-order valence-electron chi connectivity index (χ0n) is 12.7. The number of nitrogens with two attached hydrogens (primary N) is 1. The Labute approximate surface area is 143 Å². The first-order valence-electron chi connectivity index (χ1n) is 6.78. The second kappa shape index (κ2) is 8.29. The number of benzene rings is 1. The molecule has 1 atom stereocenters. The van der Waals surface area contributed by atoms with Crippen molar-refractivity contribution in [3.05, 3.63) is 17.2 Å². The minimum Gasteiger partial charge on any atom is -0.504 e. The van der Waals surface area contributed by atoms with Crippen LogP contribution in [0.1, 0.15) is 19.8 Å². The number of hydrogen-bond donors (Lipinski definition) is 4. The van der Waals surface area contributed by atoms with E-state index in [-0.39, 0.29) is 30.2 Å². The average molecular weight is 381 g/mol. The molecule has 1 amide bonds. The van der Waals surface area contributed by atoms with Gasteiger partial charge in [0, 0.05) is 11.4 Å². The molecule has 0 aromatic heterocycles. The molecule has 0 fully saturated rings. The minimum atomic E-state index is -4.72. The number of phenols is 1. The van der Waals surface area contributed by atoms with Crippen LogP contribution in [-0.2, 0) is 24.4 Å². The zero-order valence-corrected chi connectivity index (χ0v) is 14.2. The van der Waals surface area contributed by atoms with Crippen LogP contribution in [-0.4, -0.2) is 42.6 Å². The van der Waals surface area contributed by atoms with E-state index in [4.69, 9.17) is 26.6 Å². The molecule has 0 bridgehead atoms. The van der Waals surface area contributed by atoms with Crippen molar-refractivity contribution in [3.63, 3.8) is 0 Å². The number of amides is 1. The van der Waals surface area contributed by atoms with Crippen LogP contribution in [0, 0.1) is 0 Å². The second-order valence-electron chi connectivity index (χ2n) is 4.72. The first kappa shape index (κ1) is 20.2. The maximum Gasteiger partial charge on any atom is 0.322 e. The van der Waals surface area contributed by atoms with Crippen LogP contribution in [0.15, 0.2) is 17.0 Å². The Kier molecular flexibility index (Phi) is 6.96. The molecule has 1 aromatic rings. The Hall–Kier alpha value is -1.88. The van der Waals surface area contributed by atoms with Gasteiger partial charge in [0.15, 0.2) is 5.75 Å². The molecular formula is C13H17ClN2O7S. The van der Waals surface area contributed by atoms with Crippen LogP contribution in [0.4, 0.5) is 5.69 Å². The fraction of sp³-hybridized carbons (Fsp3) is 0.385. The van der Waals surface area contributed by atoms with Crippen molar-refractivity contribution in [1.82, 2.24) is 0 Å². The molecule has 0 radical (unpaired) electrons. The monoisotopic (exact) mass is 380 g/mol. The highest BCUT2D eigenvalue weighted by Gasteiger charge is 2.21. The Balaban J connectivity index is 2.81. The maximum atomic E-state index is 11.8. The number of anilines is 1. The van der Waals surface area contributed by atoms with Gasteiger partial charge in [0.2, 0.25) is 5.91 Å². The summed E-state index contributed by atoms with van der Waals surface area (Å²) in [6.07, 6.45) is -0.204. The highest BCUT2D eigenvalue weighted by atomic mass is 35.5. The number of carbonyl (C=O) groups excluding carboxylic acids is 2. The van der Waals surface area contributed by atoms with Crippen LogP contribution in [0.25, 0.3) is 0 Å². The molecule has 0 saturated carbocycles. The molecule has 1 rings (SSSR count). The number of rotatable bonds is 7. The van der Waals surface area contributed by atoms with Crippen LogP contribution in [0.3, 0.4) is 0 Å². The number of carbonyl (C=O) groups is 2. The smallest absolute Gasteiger partial charge is 0.322 e. The highest BCUT2D eigenvalue weighted by Crippen LogP contribution is 2.34. The topological polar surface area (TPSA) is 156 Å². The van der Waals surface area contributed by atoms with E-state index in [2.05, 4.69) is 5.32 Å². The molecule has 1 aromatic carbocycles. The van der Waals surface area contributed by atoms with Gasteiger partial charge in [0.25, 0.3) is 10.1 Å². The Morgan fingerprint density at radius 1 is 1.42 bits per heavy atom. The van der Waals surface area contributed by atoms with Crippen molar-refractivity contribution in [3.8, 4) is 5.75 Å². The van der Waals surface area contributed by atoms with Gasteiger partial charge in [-0.3, -0.25) is 14.1 Å². The van der Waals surface area contributed by atoms with E-state index in [9.17, 15) is 23.1 Å². The molecule has 0 aliphatic heterocycles. The summed E-state index contributed by atoms with van der Waals surface area (Å²) in [5, 5.41) is 11.9. The van der Waals surface area contributed by atoms with E-state index >= 15 is 0 Å². The summed E-state index contributed by atoms with van der Waals surface area (Å²) in [6.45, 7) is 1.78. The number of esters is 1. The van der Waals surface area contributed by atoms with E-state index in [1.54, 1.807) is 6.92 Å². The Morgan fingerprint density at radius 3 is 2.58 bits per heavy atom. The Morgan fingerprint density at radius 2 is 2.04 bits per heavy atom. The molecule has 0 saturated heterocycles. The lowest BCUT2D eigenvalue weighted by Crippen LogP contribution is -2.33. The quantitative estimate of drug-likeness (QED) is 0.309. The largest absolute Gasteiger partial charge is 0.504 e. The maximum absolute atomic E-state index is 11.8. The van der Waals surface area contributed by atoms with E-state index in [0.717, 1.165) is 12.1 Å². The first-order chi connectivity index (χ1) is 11.1. The molecule has 5 N–H and O–H groups in total. The average Bonchev–Trinajstić information content (AvgIpc) is 2.47. The highest BCUT2D eigenvalue weighted by molar-refractivity contribution is 7.86. The van der Waals surface area contributed by atoms with E-state index < -0.39 is 38.7 Å². The van der Waals surface area contributed by atoms with Crippen molar-refractivity contribution in [2.75, 3.05) is 11.9 Å². The molecule has 24 heavy (non-hydrogen) atoms. The van der Waals surface area contributed by atoms with E-state index in [1.807, 2.05) is 0 Å². The summed E-state index contributed by atoms with van der Waals surface area (Å²) in [7, 11) is -4.72. The lowest BCUT2D eigenvalue weighted by molar-refractivity contribution is -0.144. The molecule has 0 unspecified atom stereocenters. The number of aromatic hydroxyl groups is 1. The van der Waals surface area contributed by atoms with Gasteiger partial charge in [-0.25, -0.2) is 0 Å². The lowest BCUT2D eigenvalue weighted by Gasteiger charge is -2.12. The number of phenolic OH excluding ortho intramolecular Hbond substituents is 1. The molecular weight excluding hydrogens is 364 g/mol. The number of nitrogens with one attached hydrogen (secondary N) is 1. The summed E-state index contributed by atoms with van der Waals surface area (Å²) in [6, 6.07) is 0.949. The second-order valence-corrected chi connectivity index (χ2v) is 6.55. The predicted molar refractivity (Wildman–Crippen MR) is 85.4 cm³/mol. The van der Waals surface area contributed by atoms with Crippen molar-refractivity contribution in [2.24, 2.45) is 5.73 Å². The predicted octanol–water partition coefficient (Wildman–Crippen LogP) is 0.901. The van der Waals surface area contributed by atoms with Crippen LogP contribution >= 0.6 is 11.6 Å². The van der Waals surface area contributed by atoms with Crippen molar-refractivity contribution >= 4 is 39.3 Å². The van der Waals surface area contributed by atoms with Gasteiger partial charge in [-0.1, -0.05) is 11.6 Å². The summed E-state index contributed by atoms with van der Waals surface area (Å²) >= 11 is 5.70. The van der Waals surface area contributed by atoms with Crippen LogP contribution < -0.4 is 11.1 Å². The zero-order chi connectivity index (χ0) is 18.5. The van der Waals surface area contributed by atoms with Crippen molar-refractivity contribution < 1.29 is 32.4 Å². The fourth-order valence-corrected chi connectivity index (χ4v) is 2.65. The minimum absolute atomic E-state index is 0.0167. The van der Waals surface area contributed by atoms with Gasteiger partial charge < -0.3 is 20.9 Å². The fourth-order valence-electron chi connectivity index (χ4n) is 1.73. The summed E-state index contributed by atoms with van der Waals surface area (Å²) in [5.74, 6) is -2.15. The van der Waals surface area contributed by atoms with Gasteiger partial charge in [-0.05, 0) is 25.5 Å². The van der Waals surface area contributed by atoms with Crippen LogP contribution in [0.2, 0.25) is 5.02 Å². The van der Waals surface area contributed by atoms with Crippen molar-refractivity contribution in [1.29, 1.82) is 0 Å². The van der Waals surface area contributed by atoms with E-state index in [0.29, 0.717) is 0 Å². The number of halogens is 1.